The number of ether oxygens (including phenoxy) is 1. The van der Waals surface area contributed by atoms with E-state index in [0.29, 0.717) is 6.07 Å². The van der Waals surface area contributed by atoms with Crippen molar-refractivity contribution in [2.24, 2.45) is 0 Å². The van der Waals surface area contributed by atoms with Crippen LogP contribution >= 0.6 is 11.6 Å². The molecule has 0 aliphatic carbocycles. The molecular formula is C8H17ClO. The molecule has 62 valence electrons. The molecular weight excluding hydrogens is 148 g/mol. The van der Waals surface area contributed by atoms with Gasteiger partial charge in [0.05, 0.1) is 5.60 Å². The zero-order chi connectivity index (χ0) is 8.04. The summed E-state index contributed by atoms with van der Waals surface area (Å²) in [4.78, 5) is 0. The third-order valence-electron chi connectivity index (χ3n) is 2.29. The van der Waals surface area contributed by atoms with Gasteiger partial charge in [-0.2, -0.15) is 0 Å². The zero-order valence-corrected chi connectivity index (χ0v) is 7.87. The van der Waals surface area contributed by atoms with Crippen LogP contribution in [0.25, 0.3) is 0 Å². The minimum Gasteiger partial charge on any atom is -0.359 e. The topological polar surface area (TPSA) is 9.23 Å². The summed E-state index contributed by atoms with van der Waals surface area (Å²) in [6.45, 7) is 6.42. The van der Waals surface area contributed by atoms with Crippen molar-refractivity contribution in [1.82, 2.24) is 0 Å². The smallest absolute Gasteiger partial charge is 0.121 e. The first kappa shape index (κ1) is 10.2. The number of rotatable bonds is 5. The Kier molecular flexibility index (Phi) is 5.10. The van der Waals surface area contributed by atoms with Crippen molar-refractivity contribution < 1.29 is 4.74 Å². The highest BCUT2D eigenvalue weighted by atomic mass is 35.5. The molecule has 0 fully saturated rings. The van der Waals surface area contributed by atoms with Gasteiger partial charge in [-0.15, -0.1) is 0 Å². The van der Waals surface area contributed by atoms with Crippen LogP contribution in [0, 0.1) is 0 Å². The highest BCUT2D eigenvalue weighted by Gasteiger charge is 2.23. The third kappa shape index (κ3) is 2.47. The minimum absolute atomic E-state index is 0.0434. The second kappa shape index (κ2) is 4.97. The van der Waals surface area contributed by atoms with E-state index in [2.05, 4.69) is 20.8 Å². The third-order valence-corrected chi connectivity index (χ3v) is 2.40. The van der Waals surface area contributed by atoms with Gasteiger partial charge in [0.25, 0.3) is 0 Å². The lowest BCUT2D eigenvalue weighted by atomic mass is 9.94. The van der Waals surface area contributed by atoms with E-state index in [1.807, 2.05) is 0 Å². The lowest BCUT2D eigenvalue weighted by Gasteiger charge is -2.29. The molecule has 0 radical (unpaired) electrons. The van der Waals surface area contributed by atoms with Gasteiger partial charge in [-0.25, -0.2) is 0 Å². The highest BCUT2D eigenvalue weighted by Crippen LogP contribution is 2.24. The summed E-state index contributed by atoms with van der Waals surface area (Å²) in [7, 11) is 0. The van der Waals surface area contributed by atoms with Crippen molar-refractivity contribution in [3.63, 3.8) is 0 Å². The molecule has 1 nitrogen and oxygen atoms in total. The fraction of sp³-hybridized carbons (Fsp3) is 1.00. The summed E-state index contributed by atoms with van der Waals surface area (Å²) in [5.74, 6) is 0. The molecule has 0 saturated carbocycles. The van der Waals surface area contributed by atoms with Crippen LogP contribution in [0.15, 0.2) is 0 Å². The van der Waals surface area contributed by atoms with Gasteiger partial charge in [0.1, 0.15) is 6.07 Å². The Bertz CT molecular complexity index is 71.1. The molecule has 0 aromatic heterocycles. The summed E-state index contributed by atoms with van der Waals surface area (Å²) in [6.07, 6.45) is 3.14. The Labute approximate surface area is 68.7 Å². The van der Waals surface area contributed by atoms with Crippen molar-refractivity contribution in [2.45, 2.75) is 45.6 Å². The van der Waals surface area contributed by atoms with Crippen molar-refractivity contribution in [3.05, 3.63) is 0 Å². The quantitative estimate of drug-likeness (QED) is 0.568. The molecule has 0 amide bonds. The van der Waals surface area contributed by atoms with Crippen LogP contribution in [0.3, 0.4) is 0 Å². The fourth-order valence-electron chi connectivity index (χ4n) is 1.17. The van der Waals surface area contributed by atoms with Crippen molar-refractivity contribution in [3.8, 4) is 0 Å². The molecule has 0 saturated heterocycles. The van der Waals surface area contributed by atoms with E-state index in [0.717, 1.165) is 19.3 Å². The number of hydrogen-bond donors (Lipinski definition) is 0. The highest BCUT2D eigenvalue weighted by molar-refractivity contribution is 6.17. The largest absolute Gasteiger partial charge is 0.359 e. The Morgan fingerprint density at radius 1 is 1.10 bits per heavy atom. The average Bonchev–Trinajstić information content (AvgIpc) is 2.01. The van der Waals surface area contributed by atoms with Gasteiger partial charge in [0, 0.05) is 0 Å². The Balaban J connectivity index is 3.87. The van der Waals surface area contributed by atoms with Crippen LogP contribution in [-0.2, 0) is 4.74 Å². The maximum Gasteiger partial charge on any atom is 0.121 e. The van der Waals surface area contributed by atoms with Crippen LogP contribution in [0.5, 0.6) is 0 Å². The van der Waals surface area contributed by atoms with Crippen LogP contribution < -0.4 is 0 Å². The summed E-state index contributed by atoms with van der Waals surface area (Å²) in [5.41, 5.74) is 0.0434. The molecule has 0 atom stereocenters. The molecule has 0 aromatic rings. The van der Waals surface area contributed by atoms with Gasteiger partial charge in [0.2, 0.25) is 0 Å². The predicted molar refractivity (Wildman–Crippen MR) is 45.4 cm³/mol. The van der Waals surface area contributed by atoms with E-state index < -0.39 is 0 Å². The predicted octanol–water partition coefficient (Wildman–Crippen LogP) is 3.17. The molecule has 0 unspecified atom stereocenters. The first-order valence-electron chi connectivity index (χ1n) is 3.94. The maximum absolute atomic E-state index is 5.50. The number of alkyl halides is 1. The Morgan fingerprint density at radius 3 is 1.60 bits per heavy atom. The van der Waals surface area contributed by atoms with E-state index in [9.17, 15) is 0 Å². The van der Waals surface area contributed by atoms with Gasteiger partial charge in [-0.1, -0.05) is 32.4 Å². The minimum atomic E-state index is 0.0434. The molecule has 0 spiro atoms. The van der Waals surface area contributed by atoms with Gasteiger partial charge >= 0.3 is 0 Å². The molecule has 2 heteroatoms. The number of hydrogen-bond acceptors (Lipinski definition) is 1. The van der Waals surface area contributed by atoms with Crippen LogP contribution in [0.4, 0.5) is 0 Å². The summed E-state index contributed by atoms with van der Waals surface area (Å²) < 4.78 is 5.44. The van der Waals surface area contributed by atoms with E-state index in [1.54, 1.807) is 0 Å². The van der Waals surface area contributed by atoms with E-state index in [4.69, 9.17) is 16.3 Å². The second-order valence-corrected chi connectivity index (χ2v) is 2.72. The summed E-state index contributed by atoms with van der Waals surface area (Å²) in [6, 6.07) is 0.315. The molecule has 0 heterocycles. The lowest BCUT2D eigenvalue weighted by molar-refractivity contribution is -0.0309. The molecule has 0 bridgehead atoms. The summed E-state index contributed by atoms with van der Waals surface area (Å²) in [5, 5.41) is 0. The molecule has 0 aliphatic rings. The molecule has 0 rings (SSSR count). The standard InChI is InChI=1S/C8H17ClO/c1-4-8(5-2,6-3)10-7-9/h4-7H2,1-3H3. The van der Waals surface area contributed by atoms with Crippen LogP contribution in [-0.4, -0.2) is 11.7 Å². The Hall–Kier alpha value is 0.250. The SMILES string of the molecule is CCC(CC)(CC)OCCl. The Morgan fingerprint density at radius 2 is 1.50 bits per heavy atom. The van der Waals surface area contributed by atoms with Crippen molar-refractivity contribution >= 4 is 11.6 Å². The van der Waals surface area contributed by atoms with E-state index in [-0.39, 0.29) is 5.60 Å². The number of halogens is 1. The zero-order valence-electron chi connectivity index (χ0n) is 7.11. The molecule has 0 N–H and O–H groups in total. The first-order valence-corrected chi connectivity index (χ1v) is 4.48. The first-order chi connectivity index (χ1) is 4.74. The monoisotopic (exact) mass is 164 g/mol. The van der Waals surface area contributed by atoms with E-state index >= 15 is 0 Å². The van der Waals surface area contributed by atoms with Crippen molar-refractivity contribution in [1.29, 1.82) is 0 Å². The molecule has 0 aromatic carbocycles. The van der Waals surface area contributed by atoms with Crippen LogP contribution in [0.2, 0.25) is 0 Å². The van der Waals surface area contributed by atoms with Crippen molar-refractivity contribution in [2.75, 3.05) is 6.07 Å². The fourth-order valence-corrected chi connectivity index (χ4v) is 1.40. The van der Waals surface area contributed by atoms with Gasteiger partial charge < -0.3 is 4.74 Å². The molecule has 0 aliphatic heterocycles. The normalized spacial score (nSPS) is 12.0. The maximum atomic E-state index is 5.50. The second-order valence-electron chi connectivity index (χ2n) is 2.50. The van der Waals surface area contributed by atoms with E-state index in [1.165, 1.54) is 0 Å². The average molecular weight is 165 g/mol. The van der Waals surface area contributed by atoms with Gasteiger partial charge in [0.15, 0.2) is 0 Å². The van der Waals surface area contributed by atoms with Crippen LogP contribution in [0.1, 0.15) is 40.0 Å². The van der Waals surface area contributed by atoms with Gasteiger partial charge in [-0.3, -0.25) is 0 Å². The summed E-state index contributed by atoms with van der Waals surface area (Å²) >= 11 is 5.50. The lowest BCUT2D eigenvalue weighted by Crippen LogP contribution is -2.29. The molecule has 10 heavy (non-hydrogen) atoms. The van der Waals surface area contributed by atoms with Gasteiger partial charge in [-0.05, 0) is 19.3 Å².